The Hall–Kier alpha value is -1.84. The lowest BCUT2D eigenvalue weighted by molar-refractivity contribution is -0.150. The largest absolute Gasteiger partial charge is 0.345 e. The van der Waals surface area contributed by atoms with Crippen molar-refractivity contribution in [1.82, 2.24) is 10.2 Å². The topological polar surface area (TPSA) is 49.4 Å². The van der Waals surface area contributed by atoms with Gasteiger partial charge in [0.15, 0.2) is 0 Å². The summed E-state index contributed by atoms with van der Waals surface area (Å²) >= 11 is 0. The van der Waals surface area contributed by atoms with Crippen molar-refractivity contribution in [3.8, 4) is 0 Å². The predicted molar refractivity (Wildman–Crippen MR) is 68.8 cm³/mol. The highest BCUT2D eigenvalue weighted by molar-refractivity contribution is 6.35. The number of carbonyl (C=O) groups excluding carboxylic acids is 2. The van der Waals surface area contributed by atoms with Crippen molar-refractivity contribution in [2.75, 3.05) is 13.1 Å². The maximum Gasteiger partial charge on any atom is 0.312 e. The minimum Gasteiger partial charge on any atom is -0.345 e. The molecule has 0 aliphatic carbocycles. The molecule has 96 valence electrons. The first-order valence-electron chi connectivity index (χ1n) is 6.37. The second-order valence-corrected chi connectivity index (χ2v) is 4.49. The lowest BCUT2D eigenvalue weighted by Crippen LogP contribution is -2.53. The minimum absolute atomic E-state index is 0.0389. The van der Waals surface area contributed by atoms with Gasteiger partial charge < -0.3 is 10.2 Å². The fourth-order valence-corrected chi connectivity index (χ4v) is 2.21. The van der Waals surface area contributed by atoms with Crippen LogP contribution in [0.2, 0.25) is 0 Å². The van der Waals surface area contributed by atoms with Crippen LogP contribution in [0.5, 0.6) is 0 Å². The summed E-state index contributed by atoms with van der Waals surface area (Å²) in [5.41, 5.74) is 1.07. The smallest absolute Gasteiger partial charge is 0.312 e. The highest BCUT2D eigenvalue weighted by Crippen LogP contribution is 2.23. The lowest BCUT2D eigenvalue weighted by atomic mass is 10.0. The maximum absolute atomic E-state index is 11.9. The predicted octanol–water partition coefficient (Wildman–Crippen LogP) is 1.49. The monoisotopic (exact) mass is 246 g/mol. The van der Waals surface area contributed by atoms with E-state index in [0.29, 0.717) is 13.1 Å². The molecule has 1 aliphatic rings. The Morgan fingerprint density at radius 2 is 2.00 bits per heavy atom. The molecule has 0 spiro atoms. The van der Waals surface area contributed by atoms with E-state index in [-0.39, 0.29) is 6.04 Å². The van der Waals surface area contributed by atoms with Crippen molar-refractivity contribution in [2.24, 2.45) is 0 Å². The molecule has 0 aromatic heterocycles. The number of nitrogens with one attached hydrogen (secondary N) is 1. The summed E-state index contributed by atoms with van der Waals surface area (Å²) in [7, 11) is 0. The molecule has 1 fully saturated rings. The molecule has 1 atom stereocenters. The number of carbonyl (C=O) groups is 2. The van der Waals surface area contributed by atoms with Gasteiger partial charge in [0.1, 0.15) is 0 Å². The summed E-state index contributed by atoms with van der Waals surface area (Å²) in [6.07, 6.45) is 1.93. The average Bonchev–Trinajstić information content (AvgIpc) is 2.41. The van der Waals surface area contributed by atoms with Crippen LogP contribution in [0.15, 0.2) is 30.3 Å². The van der Waals surface area contributed by atoms with E-state index in [4.69, 9.17) is 0 Å². The van der Waals surface area contributed by atoms with Crippen LogP contribution in [-0.2, 0) is 9.59 Å². The van der Waals surface area contributed by atoms with Crippen molar-refractivity contribution in [2.45, 2.75) is 25.8 Å². The molecule has 0 unspecified atom stereocenters. The Balaban J connectivity index is 2.21. The molecule has 1 saturated heterocycles. The van der Waals surface area contributed by atoms with Crippen LogP contribution in [0.4, 0.5) is 0 Å². The first kappa shape index (κ1) is 12.6. The maximum atomic E-state index is 11.9. The van der Waals surface area contributed by atoms with Gasteiger partial charge in [0, 0.05) is 13.1 Å². The van der Waals surface area contributed by atoms with Crippen molar-refractivity contribution >= 4 is 11.8 Å². The normalized spacial score (nSPS) is 19.8. The second-order valence-electron chi connectivity index (χ2n) is 4.49. The lowest BCUT2D eigenvalue weighted by Gasteiger charge is -2.35. The molecule has 0 saturated carbocycles. The molecule has 0 bridgehead atoms. The zero-order chi connectivity index (χ0) is 13.0. The molecule has 4 nitrogen and oxygen atoms in total. The number of unbranched alkanes of at least 4 members (excludes halogenated alkanes) is 1. The Labute approximate surface area is 107 Å². The number of amides is 2. The van der Waals surface area contributed by atoms with Gasteiger partial charge in [-0.25, -0.2) is 0 Å². The fourth-order valence-electron chi connectivity index (χ4n) is 2.21. The summed E-state index contributed by atoms with van der Waals surface area (Å²) in [6.45, 7) is 3.21. The Bertz CT molecular complexity index is 431. The number of hydrogen-bond acceptors (Lipinski definition) is 2. The van der Waals surface area contributed by atoms with Gasteiger partial charge in [0.2, 0.25) is 0 Å². The van der Waals surface area contributed by atoms with E-state index in [1.165, 1.54) is 0 Å². The van der Waals surface area contributed by atoms with Crippen LogP contribution < -0.4 is 5.32 Å². The summed E-state index contributed by atoms with van der Waals surface area (Å²) in [4.78, 5) is 25.1. The summed E-state index contributed by atoms with van der Waals surface area (Å²) < 4.78 is 0. The number of benzene rings is 1. The second kappa shape index (κ2) is 5.67. The molecule has 18 heavy (non-hydrogen) atoms. The van der Waals surface area contributed by atoms with Gasteiger partial charge in [-0.15, -0.1) is 0 Å². The number of rotatable bonds is 4. The van der Waals surface area contributed by atoms with E-state index in [0.717, 1.165) is 18.4 Å². The molecule has 2 amide bonds. The molecule has 0 radical (unpaired) electrons. The first-order valence-corrected chi connectivity index (χ1v) is 6.37. The van der Waals surface area contributed by atoms with E-state index in [1.807, 2.05) is 30.3 Å². The summed E-state index contributed by atoms with van der Waals surface area (Å²) in [5.74, 6) is -0.901. The number of piperazine rings is 1. The number of nitrogens with zero attached hydrogens (tertiary/aromatic N) is 1. The van der Waals surface area contributed by atoms with E-state index < -0.39 is 11.8 Å². The van der Waals surface area contributed by atoms with Crippen molar-refractivity contribution in [1.29, 1.82) is 0 Å². The molecular formula is C14H18N2O2. The van der Waals surface area contributed by atoms with E-state index in [9.17, 15) is 9.59 Å². The highest BCUT2D eigenvalue weighted by atomic mass is 16.2. The molecule has 4 heteroatoms. The quantitative estimate of drug-likeness (QED) is 0.818. The molecular weight excluding hydrogens is 228 g/mol. The molecule has 1 aromatic rings. The third-order valence-electron chi connectivity index (χ3n) is 3.22. The van der Waals surface area contributed by atoms with Gasteiger partial charge in [0.25, 0.3) is 0 Å². The van der Waals surface area contributed by atoms with Crippen LogP contribution >= 0.6 is 0 Å². The van der Waals surface area contributed by atoms with Gasteiger partial charge in [-0.1, -0.05) is 43.7 Å². The highest BCUT2D eigenvalue weighted by Gasteiger charge is 2.33. The first-order chi connectivity index (χ1) is 8.74. The van der Waals surface area contributed by atoms with E-state index in [2.05, 4.69) is 12.2 Å². The molecule has 1 aromatic carbocycles. The Morgan fingerprint density at radius 1 is 1.28 bits per heavy atom. The van der Waals surface area contributed by atoms with E-state index in [1.54, 1.807) is 4.90 Å². The molecule has 2 rings (SSSR count). The molecule has 1 aliphatic heterocycles. The Kier molecular flexibility index (Phi) is 3.97. The summed E-state index contributed by atoms with van der Waals surface area (Å²) in [5, 5.41) is 2.66. The van der Waals surface area contributed by atoms with Gasteiger partial charge in [-0.3, -0.25) is 9.59 Å². The van der Waals surface area contributed by atoms with Crippen LogP contribution in [-0.4, -0.2) is 29.8 Å². The van der Waals surface area contributed by atoms with Crippen LogP contribution in [0.25, 0.3) is 0 Å². The average molecular weight is 246 g/mol. The van der Waals surface area contributed by atoms with Crippen LogP contribution in [0.3, 0.4) is 0 Å². The van der Waals surface area contributed by atoms with Crippen LogP contribution in [0.1, 0.15) is 31.4 Å². The van der Waals surface area contributed by atoms with Crippen molar-refractivity contribution < 1.29 is 9.59 Å². The van der Waals surface area contributed by atoms with Gasteiger partial charge in [-0.2, -0.15) is 0 Å². The summed E-state index contributed by atoms with van der Waals surface area (Å²) in [6, 6.07) is 9.80. The van der Waals surface area contributed by atoms with Gasteiger partial charge in [-0.05, 0) is 12.0 Å². The van der Waals surface area contributed by atoms with Crippen LogP contribution in [0, 0.1) is 0 Å². The third-order valence-corrected chi connectivity index (χ3v) is 3.22. The zero-order valence-corrected chi connectivity index (χ0v) is 10.6. The van der Waals surface area contributed by atoms with Crippen molar-refractivity contribution in [3.63, 3.8) is 0 Å². The third kappa shape index (κ3) is 2.53. The van der Waals surface area contributed by atoms with E-state index >= 15 is 0 Å². The van der Waals surface area contributed by atoms with Gasteiger partial charge >= 0.3 is 11.8 Å². The SMILES string of the molecule is CCCCN1C(=O)C(=O)NC[C@@H]1c1ccccc1. The minimum atomic E-state index is -0.488. The molecule has 1 heterocycles. The fraction of sp³-hybridized carbons (Fsp3) is 0.429. The van der Waals surface area contributed by atoms with Gasteiger partial charge in [0.05, 0.1) is 6.04 Å². The zero-order valence-electron chi connectivity index (χ0n) is 10.6. The number of hydrogen-bond donors (Lipinski definition) is 1. The van der Waals surface area contributed by atoms with Crippen molar-refractivity contribution in [3.05, 3.63) is 35.9 Å². The molecule has 1 N–H and O–H groups in total. The standard InChI is InChI=1S/C14H18N2O2/c1-2-3-9-16-12(10-15-13(17)14(16)18)11-7-5-4-6-8-11/h4-8,12H,2-3,9-10H2,1H3,(H,15,17)/t12-/m1/s1. The Morgan fingerprint density at radius 3 is 2.67 bits per heavy atom.